The summed E-state index contributed by atoms with van der Waals surface area (Å²) in [5.74, 6) is 1.14. The normalized spacial score (nSPS) is 14.5. The highest BCUT2D eigenvalue weighted by Gasteiger charge is 2.38. The summed E-state index contributed by atoms with van der Waals surface area (Å²) in [6.45, 7) is 9.15. The minimum absolute atomic E-state index is 0.102. The van der Waals surface area contributed by atoms with Crippen LogP contribution in [0.2, 0.25) is 0 Å². The van der Waals surface area contributed by atoms with E-state index in [0.29, 0.717) is 30.4 Å². The third-order valence-corrected chi connectivity index (χ3v) is 4.61. The van der Waals surface area contributed by atoms with E-state index in [9.17, 15) is 0 Å². The summed E-state index contributed by atoms with van der Waals surface area (Å²) in [5, 5.41) is 0. The second kappa shape index (κ2) is 11.5. The molecular weight excluding hydrogens is 402 g/mol. The van der Waals surface area contributed by atoms with Gasteiger partial charge in [-0.05, 0) is 22.4 Å². The van der Waals surface area contributed by atoms with Crippen LogP contribution in [0, 0.1) is 5.41 Å². The molecule has 1 aromatic rings. The summed E-state index contributed by atoms with van der Waals surface area (Å²) in [6.07, 6.45) is 5.00. The number of pyridine rings is 1. The van der Waals surface area contributed by atoms with E-state index >= 15 is 0 Å². The third-order valence-electron chi connectivity index (χ3n) is 4.04. The molecule has 0 aromatic carbocycles. The number of rotatable bonds is 13. The number of hydrogen-bond acceptors (Lipinski definition) is 6. The predicted molar refractivity (Wildman–Crippen MR) is 105 cm³/mol. The molecule has 0 radical (unpaired) electrons. The zero-order valence-electron chi connectivity index (χ0n) is 16.3. The maximum atomic E-state index is 5.96. The second-order valence-corrected chi connectivity index (χ2v) is 7.01. The third kappa shape index (κ3) is 5.67. The molecule has 0 fully saturated rings. The monoisotopic (exact) mass is 431 g/mol. The number of hydrogen-bond donors (Lipinski definition) is 0. The minimum Gasteiger partial charge on any atom is -0.491 e. The van der Waals surface area contributed by atoms with Crippen molar-refractivity contribution in [2.24, 2.45) is 5.41 Å². The number of methoxy groups -OCH3 is 3. The van der Waals surface area contributed by atoms with Crippen LogP contribution >= 0.6 is 15.9 Å². The van der Waals surface area contributed by atoms with Crippen LogP contribution < -0.4 is 9.47 Å². The van der Waals surface area contributed by atoms with Crippen LogP contribution in [-0.4, -0.2) is 46.3 Å². The first-order valence-corrected chi connectivity index (χ1v) is 9.36. The van der Waals surface area contributed by atoms with Crippen LogP contribution in [0.25, 0.3) is 0 Å². The van der Waals surface area contributed by atoms with Gasteiger partial charge in [0.2, 0.25) is 0 Å². The van der Waals surface area contributed by atoms with E-state index in [1.807, 2.05) is 6.92 Å². The van der Waals surface area contributed by atoms with E-state index in [2.05, 4.69) is 34.4 Å². The molecule has 7 heteroatoms. The van der Waals surface area contributed by atoms with Crippen LogP contribution in [0.1, 0.15) is 38.5 Å². The standard InChI is InChI=1S/C19H30BrNO5/c1-7-9-10-25-16-14(20)11-21-15(17(16)24-6)18(26-13-23-5)19(3,8-2)12-22-4/h8,11,18H,2,7,9-10,12-13H2,1,3-6H3. The van der Waals surface area contributed by atoms with Gasteiger partial charge < -0.3 is 23.7 Å². The minimum atomic E-state index is -0.540. The molecule has 2 unspecified atom stereocenters. The van der Waals surface area contributed by atoms with Gasteiger partial charge in [-0.3, -0.25) is 4.98 Å². The maximum Gasteiger partial charge on any atom is 0.186 e. The van der Waals surface area contributed by atoms with E-state index in [0.717, 1.165) is 17.3 Å². The van der Waals surface area contributed by atoms with E-state index < -0.39 is 11.5 Å². The van der Waals surface area contributed by atoms with Gasteiger partial charge in [-0.2, -0.15) is 0 Å². The zero-order valence-corrected chi connectivity index (χ0v) is 17.9. The van der Waals surface area contributed by atoms with Crippen molar-refractivity contribution >= 4 is 15.9 Å². The van der Waals surface area contributed by atoms with Gasteiger partial charge in [0.25, 0.3) is 0 Å². The van der Waals surface area contributed by atoms with Crippen molar-refractivity contribution in [1.82, 2.24) is 4.98 Å². The van der Waals surface area contributed by atoms with Crippen molar-refractivity contribution in [1.29, 1.82) is 0 Å². The Hall–Kier alpha value is -1.15. The molecule has 1 aromatic heterocycles. The second-order valence-electron chi connectivity index (χ2n) is 6.15. The van der Waals surface area contributed by atoms with Gasteiger partial charge in [0, 0.05) is 25.8 Å². The Bertz CT molecular complexity index is 569. The first kappa shape index (κ1) is 22.9. The fraction of sp³-hybridized carbons (Fsp3) is 0.632. The molecule has 1 rings (SSSR count). The molecule has 6 nitrogen and oxygen atoms in total. The quantitative estimate of drug-likeness (QED) is 0.259. The lowest BCUT2D eigenvalue weighted by molar-refractivity contribution is -0.120. The first-order valence-electron chi connectivity index (χ1n) is 8.57. The van der Waals surface area contributed by atoms with E-state index in [-0.39, 0.29) is 6.79 Å². The van der Waals surface area contributed by atoms with Crippen LogP contribution in [0.4, 0.5) is 0 Å². The van der Waals surface area contributed by atoms with E-state index in [1.54, 1.807) is 33.6 Å². The van der Waals surface area contributed by atoms with Gasteiger partial charge in [-0.25, -0.2) is 0 Å². The van der Waals surface area contributed by atoms with Crippen molar-refractivity contribution in [2.45, 2.75) is 32.8 Å². The Morgan fingerprint density at radius 2 is 2.00 bits per heavy atom. The molecule has 0 bridgehead atoms. The lowest BCUT2D eigenvalue weighted by Crippen LogP contribution is -2.32. The molecule has 0 aliphatic heterocycles. The van der Waals surface area contributed by atoms with Crippen molar-refractivity contribution in [3.8, 4) is 11.5 Å². The molecular formula is C19H30BrNO5. The Morgan fingerprint density at radius 3 is 2.54 bits per heavy atom. The Kier molecular flexibility index (Phi) is 10.2. The van der Waals surface area contributed by atoms with Crippen LogP contribution in [0.5, 0.6) is 11.5 Å². The number of ether oxygens (including phenoxy) is 5. The molecule has 148 valence electrons. The summed E-state index contributed by atoms with van der Waals surface area (Å²) in [4.78, 5) is 4.55. The van der Waals surface area contributed by atoms with Gasteiger partial charge in [0.1, 0.15) is 18.6 Å². The van der Waals surface area contributed by atoms with Gasteiger partial charge >= 0.3 is 0 Å². The van der Waals surface area contributed by atoms with E-state index in [4.69, 9.17) is 23.7 Å². The SMILES string of the molecule is C=CC(C)(COC)C(OCOC)c1ncc(Br)c(OCCCC)c1OC. The highest BCUT2D eigenvalue weighted by atomic mass is 79.9. The predicted octanol–water partition coefficient (Wildman–Crippen LogP) is 4.53. The van der Waals surface area contributed by atoms with Crippen LogP contribution in [0.3, 0.4) is 0 Å². The fourth-order valence-electron chi connectivity index (χ4n) is 2.58. The number of aromatic nitrogens is 1. The Labute approximate surface area is 165 Å². The van der Waals surface area contributed by atoms with Crippen LogP contribution in [-0.2, 0) is 14.2 Å². The lowest BCUT2D eigenvalue weighted by Gasteiger charge is -2.34. The first-order chi connectivity index (χ1) is 12.5. The molecule has 2 atom stereocenters. The van der Waals surface area contributed by atoms with Gasteiger partial charge in [0.05, 0.1) is 24.8 Å². The van der Waals surface area contributed by atoms with Crippen molar-refractivity contribution < 1.29 is 23.7 Å². The molecule has 1 heterocycles. The number of unbranched alkanes of at least 4 members (excludes halogenated alkanes) is 1. The zero-order chi connectivity index (χ0) is 19.6. The highest BCUT2D eigenvalue weighted by molar-refractivity contribution is 9.10. The van der Waals surface area contributed by atoms with Crippen molar-refractivity contribution in [3.63, 3.8) is 0 Å². The molecule has 0 aliphatic rings. The maximum absolute atomic E-state index is 5.96. The molecule has 0 amide bonds. The van der Waals surface area contributed by atoms with Crippen LogP contribution in [0.15, 0.2) is 23.3 Å². The summed E-state index contributed by atoms with van der Waals surface area (Å²) >= 11 is 3.50. The molecule has 0 saturated heterocycles. The molecule has 0 aliphatic carbocycles. The lowest BCUT2D eigenvalue weighted by atomic mass is 9.82. The Balaban J connectivity index is 3.39. The molecule has 0 spiro atoms. The summed E-state index contributed by atoms with van der Waals surface area (Å²) in [5.41, 5.74) is 0.0703. The molecule has 0 N–H and O–H groups in total. The smallest absolute Gasteiger partial charge is 0.186 e. The number of halogens is 1. The molecule has 26 heavy (non-hydrogen) atoms. The van der Waals surface area contributed by atoms with Crippen molar-refractivity contribution in [3.05, 3.63) is 29.0 Å². The summed E-state index contributed by atoms with van der Waals surface area (Å²) < 4.78 is 28.8. The fourth-order valence-corrected chi connectivity index (χ4v) is 2.97. The number of nitrogens with zero attached hydrogens (tertiary/aromatic N) is 1. The van der Waals surface area contributed by atoms with E-state index in [1.165, 1.54) is 0 Å². The van der Waals surface area contributed by atoms with Gasteiger partial charge in [-0.15, -0.1) is 6.58 Å². The largest absolute Gasteiger partial charge is 0.491 e. The van der Waals surface area contributed by atoms with Gasteiger partial charge in [-0.1, -0.05) is 26.3 Å². The summed E-state index contributed by atoms with van der Waals surface area (Å²) in [7, 11) is 4.80. The van der Waals surface area contributed by atoms with Gasteiger partial charge in [0.15, 0.2) is 11.5 Å². The topological polar surface area (TPSA) is 59.0 Å². The average Bonchev–Trinajstić information content (AvgIpc) is 2.64. The summed E-state index contributed by atoms with van der Waals surface area (Å²) in [6, 6.07) is 0. The highest BCUT2D eigenvalue weighted by Crippen LogP contribution is 2.46. The molecule has 0 saturated carbocycles. The van der Waals surface area contributed by atoms with Crippen molar-refractivity contribution in [2.75, 3.05) is 41.3 Å². The Morgan fingerprint density at radius 1 is 1.27 bits per heavy atom. The average molecular weight is 432 g/mol.